The number of rotatable bonds is 5. The zero-order chi connectivity index (χ0) is 16.1. The van der Waals surface area contributed by atoms with Crippen molar-refractivity contribution in [3.63, 3.8) is 0 Å². The SMILES string of the molecule is CN1CCCC1CCNC(=O)Nc1ccc(C(N)=O)c(Cl)c1. The summed E-state index contributed by atoms with van der Waals surface area (Å²) in [6.07, 6.45) is 3.34. The maximum Gasteiger partial charge on any atom is 0.319 e. The third-order valence-electron chi connectivity index (χ3n) is 3.93. The van der Waals surface area contributed by atoms with Gasteiger partial charge in [0, 0.05) is 18.3 Å². The lowest BCUT2D eigenvalue weighted by Gasteiger charge is -2.19. The highest BCUT2D eigenvalue weighted by Gasteiger charge is 2.20. The zero-order valence-corrected chi connectivity index (χ0v) is 13.3. The molecule has 1 aromatic rings. The van der Waals surface area contributed by atoms with E-state index in [9.17, 15) is 9.59 Å². The molecule has 0 spiro atoms. The first-order valence-electron chi connectivity index (χ1n) is 7.32. The van der Waals surface area contributed by atoms with E-state index in [-0.39, 0.29) is 16.6 Å². The summed E-state index contributed by atoms with van der Waals surface area (Å²) in [6.45, 7) is 1.75. The molecule has 1 atom stereocenters. The number of halogens is 1. The molecule has 120 valence electrons. The van der Waals surface area contributed by atoms with Crippen molar-refractivity contribution in [3.8, 4) is 0 Å². The topological polar surface area (TPSA) is 87.5 Å². The number of likely N-dealkylation sites (tertiary alicyclic amines) is 1. The molecule has 3 amide bonds. The normalized spacial score (nSPS) is 18.2. The monoisotopic (exact) mass is 324 g/mol. The lowest BCUT2D eigenvalue weighted by molar-refractivity contribution is 0.100. The van der Waals surface area contributed by atoms with Gasteiger partial charge in [0.05, 0.1) is 10.6 Å². The molecule has 1 aliphatic rings. The van der Waals surface area contributed by atoms with Gasteiger partial charge in [0.25, 0.3) is 0 Å². The average molecular weight is 325 g/mol. The van der Waals surface area contributed by atoms with E-state index >= 15 is 0 Å². The van der Waals surface area contributed by atoms with Gasteiger partial charge in [-0.25, -0.2) is 4.79 Å². The van der Waals surface area contributed by atoms with Gasteiger partial charge < -0.3 is 21.3 Å². The van der Waals surface area contributed by atoms with E-state index in [0.29, 0.717) is 18.3 Å². The van der Waals surface area contributed by atoms with Crippen LogP contribution in [0, 0.1) is 0 Å². The van der Waals surface area contributed by atoms with Gasteiger partial charge >= 0.3 is 6.03 Å². The summed E-state index contributed by atoms with van der Waals surface area (Å²) in [5.41, 5.74) is 5.93. The first kappa shape index (κ1) is 16.6. The van der Waals surface area contributed by atoms with Gasteiger partial charge in [-0.1, -0.05) is 11.6 Å². The molecule has 1 heterocycles. The number of hydrogen-bond acceptors (Lipinski definition) is 3. The van der Waals surface area contributed by atoms with E-state index in [0.717, 1.165) is 13.0 Å². The van der Waals surface area contributed by atoms with Crippen molar-refractivity contribution in [2.24, 2.45) is 5.73 Å². The van der Waals surface area contributed by atoms with E-state index < -0.39 is 5.91 Å². The Labute approximate surface area is 135 Å². The number of nitrogens with two attached hydrogens (primary N) is 1. The highest BCUT2D eigenvalue weighted by atomic mass is 35.5. The van der Waals surface area contributed by atoms with E-state index in [2.05, 4.69) is 22.6 Å². The number of benzene rings is 1. The maximum absolute atomic E-state index is 11.8. The molecule has 0 radical (unpaired) electrons. The molecule has 2 rings (SSSR count). The number of urea groups is 1. The fraction of sp³-hybridized carbons (Fsp3) is 0.467. The van der Waals surface area contributed by atoms with Crippen LogP contribution in [0.5, 0.6) is 0 Å². The summed E-state index contributed by atoms with van der Waals surface area (Å²) >= 11 is 5.94. The van der Waals surface area contributed by atoms with Crippen molar-refractivity contribution in [2.75, 3.05) is 25.5 Å². The molecular formula is C15H21ClN4O2. The van der Waals surface area contributed by atoms with Crippen molar-refractivity contribution in [1.82, 2.24) is 10.2 Å². The van der Waals surface area contributed by atoms with E-state index in [1.54, 1.807) is 6.07 Å². The Morgan fingerprint density at radius 2 is 2.23 bits per heavy atom. The first-order chi connectivity index (χ1) is 10.5. The number of amides is 3. The largest absolute Gasteiger partial charge is 0.366 e. The summed E-state index contributed by atoms with van der Waals surface area (Å²) in [4.78, 5) is 25.2. The average Bonchev–Trinajstić information content (AvgIpc) is 2.84. The van der Waals surface area contributed by atoms with Crippen LogP contribution in [0.3, 0.4) is 0 Å². The number of nitrogens with zero attached hydrogens (tertiary/aromatic N) is 1. The van der Waals surface area contributed by atoms with E-state index in [1.165, 1.54) is 25.0 Å². The lowest BCUT2D eigenvalue weighted by atomic mass is 10.1. The van der Waals surface area contributed by atoms with Crippen molar-refractivity contribution < 1.29 is 9.59 Å². The second-order valence-electron chi connectivity index (χ2n) is 5.51. The maximum atomic E-state index is 11.8. The minimum Gasteiger partial charge on any atom is -0.366 e. The standard InChI is InChI=1S/C15H21ClN4O2/c1-20-8-2-3-11(20)6-7-18-15(22)19-10-4-5-12(14(17)21)13(16)9-10/h4-5,9,11H,2-3,6-8H2,1H3,(H2,17,21)(H2,18,19,22). The minimum absolute atomic E-state index is 0.220. The van der Waals surface area contributed by atoms with Crippen LogP contribution in [0.15, 0.2) is 18.2 Å². The Bertz CT molecular complexity index is 564. The molecule has 0 aromatic heterocycles. The molecule has 0 saturated carbocycles. The van der Waals surface area contributed by atoms with Gasteiger partial charge in [0.2, 0.25) is 5.91 Å². The summed E-state index contributed by atoms with van der Waals surface area (Å²) in [7, 11) is 2.11. The van der Waals surface area contributed by atoms with Crippen molar-refractivity contribution in [1.29, 1.82) is 0 Å². The first-order valence-corrected chi connectivity index (χ1v) is 7.69. The Morgan fingerprint density at radius 1 is 1.45 bits per heavy atom. The summed E-state index contributed by atoms with van der Waals surface area (Å²) in [5.74, 6) is -0.596. The number of carbonyl (C=O) groups is 2. The third kappa shape index (κ3) is 4.35. The van der Waals surface area contributed by atoms with Crippen molar-refractivity contribution in [3.05, 3.63) is 28.8 Å². The quantitative estimate of drug-likeness (QED) is 0.774. The second kappa shape index (κ2) is 7.47. The highest BCUT2D eigenvalue weighted by Crippen LogP contribution is 2.20. The molecule has 1 aromatic carbocycles. The molecule has 6 nitrogen and oxygen atoms in total. The predicted octanol–water partition coefficient (Wildman–Crippen LogP) is 2.04. The summed E-state index contributed by atoms with van der Waals surface area (Å²) in [6, 6.07) is 4.85. The Hall–Kier alpha value is -1.79. The number of primary amides is 1. The van der Waals surface area contributed by atoms with Gasteiger partial charge in [0.15, 0.2) is 0 Å². The van der Waals surface area contributed by atoms with Gasteiger partial charge in [-0.05, 0) is 51.1 Å². The van der Waals surface area contributed by atoms with Crippen LogP contribution in [0.4, 0.5) is 10.5 Å². The second-order valence-corrected chi connectivity index (χ2v) is 5.91. The van der Waals surface area contributed by atoms with Crippen LogP contribution in [-0.4, -0.2) is 43.0 Å². The predicted molar refractivity (Wildman–Crippen MR) is 87.3 cm³/mol. The zero-order valence-electron chi connectivity index (χ0n) is 12.6. The number of nitrogens with one attached hydrogen (secondary N) is 2. The third-order valence-corrected chi connectivity index (χ3v) is 4.24. The molecule has 4 N–H and O–H groups in total. The van der Waals surface area contributed by atoms with Gasteiger partial charge in [-0.15, -0.1) is 0 Å². The molecule has 1 aliphatic heterocycles. The van der Waals surface area contributed by atoms with Crippen LogP contribution in [0.1, 0.15) is 29.6 Å². The van der Waals surface area contributed by atoms with Crippen LogP contribution in [0.2, 0.25) is 5.02 Å². The van der Waals surface area contributed by atoms with Gasteiger partial charge in [-0.2, -0.15) is 0 Å². The highest BCUT2D eigenvalue weighted by molar-refractivity contribution is 6.34. The van der Waals surface area contributed by atoms with Crippen molar-refractivity contribution in [2.45, 2.75) is 25.3 Å². The number of carbonyl (C=O) groups excluding carboxylic acids is 2. The Balaban J connectivity index is 1.79. The van der Waals surface area contributed by atoms with Gasteiger partial charge in [-0.3, -0.25) is 4.79 Å². The molecule has 1 fully saturated rings. The van der Waals surface area contributed by atoms with Crippen LogP contribution in [-0.2, 0) is 0 Å². The molecule has 7 heteroatoms. The fourth-order valence-corrected chi connectivity index (χ4v) is 2.94. The lowest BCUT2D eigenvalue weighted by Crippen LogP contribution is -2.34. The molecule has 1 unspecified atom stereocenters. The minimum atomic E-state index is -0.596. The summed E-state index contributed by atoms with van der Waals surface area (Å²) in [5, 5.41) is 5.73. The van der Waals surface area contributed by atoms with Crippen LogP contribution < -0.4 is 16.4 Å². The van der Waals surface area contributed by atoms with Crippen molar-refractivity contribution >= 4 is 29.2 Å². The number of anilines is 1. The Morgan fingerprint density at radius 3 is 2.82 bits per heavy atom. The van der Waals surface area contributed by atoms with Crippen LogP contribution >= 0.6 is 11.6 Å². The van der Waals surface area contributed by atoms with Gasteiger partial charge in [0.1, 0.15) is 0 Å². The van der Waals surface area contributed by atoms with E-state index in [1.807, 2.05) is 0 Å². The smallest absolute Gasteiger partial charge is 0.319 e. The molecule has 1 saturated heterocycles. The molecule has 0 aliphatic carbocycles. The molecule has 22 heavy (non-hydrogen) atoms. The Kier molecular flexibility index (Phi) is 5.63. The van der Waals surface area contributed by atoms with E-state index in [4.69, 9.17) is 17.3 Å². The van der Waals surface area contributed by atoms with Crippen LogP contribution in [0.25, 0.3) is 0 Å². The fourth-order valence-electron chi connectivity index (χ4n) is 2.66. The number of hydrogen-bond donors (Lipinski definition) is 3. The summed E-state index contributed by atoms with van der Waals surface area (Å²) < 4.78 is 0. The molecule has 0 bridgehead atoms. The molecular weight excluding hydrogens is 304 g/mol.